The van der Waals surface area contributed by atoms with E-state index in [4.69, 9.17) is 0 Å². The summed E-state index contributed by atoms with van der Waals surface area (Å²) >= 11 is 0. The van der Waals surface area contributed by atoms with Gasteiger partial charge in [-0.05, 0) is 119 Å². The number of imide groups is 2. The molecule has 6 aromatic carbocycles. The van der Waals surface area contributed by atoms with E-state index in [-0.39, 0.29) is 10.8 Å². The minimum absolute atomic E-state index is 0.213. The first-order valence-corrected chi connectivity index (χ1v) is 21.1. The Morgan fingerprint density at radius 1 is 0.362 bits per heavy atom. The molecule has 6 nitrogen and oxygen atoms in total. The van der Waals surface area contributed by atoms with Crippen LogP contribution in [-0.4, -0.2) is 23.6 Å². The molecule has 2 aliphatic carbocycles. The van der Waals surface area contributed by atoms with E-state index >= 15 is 0 Å². The summed E-state index contributed by atoms with van der Waals surface area (Å²) in [6.45, 7) is 8.83. The molecular formula is C52H46N2O4. The SMILES string of the molecule is CCCC1(CCC)c2ccccc2-c2ccc(N3C(=O)c4ccc5c6c(ccc(c46)C3=O)C(=O)N(c3ccc4c(c3)C(CCC)(CCC)c3ccccc3-4)C5=O)cc21. The summed E-state index contributed by atoms with van der Waals surface area (Å²) in [6.07, 6.45) is 7.81. The quantitative estimate of drug-likeness (QED) is 0.130. The van der Waals surface area contributed by atoms with E-state index in [0.717, 1.165) is 73.6 Å². The predicted molar refractivity (Wildman–Crippen MR) is 231 cm³/mol. The number of fused-ring (bicyclic) bond motifs is 6. The molecule has 4 aliphatic rings. The van der Waals surface area contributed by atoms with Gasteiger partial charge in [0, 0.05) is 43.9 Å². The first-order chi connectivity index (χ1) is 28.2. The van der Waals surface area contributed by atoms with E-state index in [1.807, 2.05) is 12.1 Å². The number of carbonyl (C=O) groups is 4. The van der Waals surface area contributed by atoms with Crippen LogP contribution in [0.2, 0.25) is 0 Å². The van der Waals surface area contributed by atoms with E-state index in [9.17, 15) is 19.2 Å². The third-order valence-corrected chi connectivity index (χ3v) is 13.6. The highest BCUT2D eigenvalue weighted by molar-refractivity contribution is 6.42. The van der Waals surface area contributed by atoms with E-state index in [1.165, 1.54) is 32.1 Å². The van der Waals surface area contributed by atoms with Gasteiger partial charge in [0.1, 0.15) is 0 Å². The molecule has 6 aromatic rings. The van der Waals surface area contributed by atoms with Crippen LogP contribution >= 0.6 is 0 Å². The zero-order chi connectivity index (χ0) is 40.1. The van der Waals surface area contributed by atoms with Crippen molar-refractivity contribution in [1.82, 2.24) is 0 Å². The van der Waals surface area contributed by atoms with Crippen LogP contribution in [-0.2, 0) is 10.8 Å². The Balaban J connectivity index is 1.06. The third-order valence-electron chi connectivity index (χ3n) is 13.6. The summed E-state index contributed by atoms with van der Waals surface area (Å²) in [5.41, 5.74) is 11.5. The van der Waals surface area contributed by atoms with Crippen LogP contribution in [0, 0.1) is 0 Å². The number of hydrogen-bond acceptors (Lipinski definition) is 4. The van der Waals surface area contributed by atoms with Gasteiger partial charge in [0.15, 0.2) is 0 Å². The second kappa shape index (κ2) is 13.2. The molecule has 2 aliphatic heterocycles. The minimum atomic E-state index is -0.461. The molecule has 0 aromatic heterocycles. The summed E-state index contributed by atoms with van der Waals surface area (Å²) < 4.78 is 0. The molecular weight excluding hydrogens is 717 g/mol. The maximum absolute atomic E-state index is 14.6. The third kappa shape index (κ3) is 4.66. The highest BCUT2D eigenvalue weighted by Crippen LogP contribution is 2.56. The Morgan fingerprint density at radius 3 is 0.983 bits per heavy atom. The summed E-state index contributed by atoms with van der Waals surface area (Å²) in [4.78, 5) is 61.0. The molecule has 0 N–H and O–H groups in total. The summed E-state index contributed by atoms with van der Waals surface area (Å²) in [7, 11) is 0. The Kier molecular flexibility index (Phi) is 8.24. The molecule has 4 amide bonds. The van der Waals surface area contributed by atoms with Gasteiger partial charge in [-0.15, -0.1) is 0 Å². The van der Waals surface area contributed by atoms with E-state index in [2.05, 4.69) is 100 Å². The van der Waals surface area contributed by atoms with Gasteiger partial charge in [0.05, 0.1) is 11.4 Å². The lowest BCUT2D eigenvalue weighted by atomic mass is 9.71. The first kappa shape index (κ1) is 36.2. The first-order valence-electron chi connectivity index (χ1n) is 21.1. The van der Waals surface area contributed by atoms with E-state index in [0.29, 0.717) is 44.4 Å². The van der Waals surface area contributed by atoms with Gasteiger partial charge in [-0.25, -0.2) is 9.80 Å². The van der Waals surface area contributed by atoms with Gasteiger partial charge in [-0.1, -0.05) is 114 Å². The molecule has 10 rings (SSSR count). The number of anilines is 2. The van der Waals surface area contributed by atoms with Crippen molar-refractivity contribution in [2.75, 3.05) is 9.80 Å². The second-order valence-electron chi connectivity index (χ2n) is 16.7. The Hall–Kier alpha value is -6.14. The molecule has 0 radical (unpaired) electrons. The van der Waals surface area contributed by atoms with Gasteiger partial charge in [-0.2, -0.15) is 0 Å². The van der Waals surface area contributed by atoms with Gasteiger partial charge in [0.2, 0.25) is 0 Å². The largest absolute Gasteiger partial charge is 0.268 e. The lowest BCUT2D eigenvalue weighted by Crippen LogP contribution is -2.43. The molecule has 6 heteroatoms. The zero-order valence-corrected chi connectivity index (χ0v) is 33.6. The number of amides is 4. The molecule has 0 unspecified atom stereocenters. The van der Waals surface area contributed by atoms with Crippen LogP contribution in [0.4, 0.5) is 11.4 Å². The van der Waals surface area contributed by atoms with Crippen LogP contribution in [0.15, 0.2) is 109 Å². The molecule has 58 heavy (non-hydrogen) atoms. The van der Waals surface area contributed by atoms with Gasteiger partial charge >= 0.3 is 0 Å². The number of hydrogen-bond donors (Lipinski definition) is 0. The van der Waals surface area contributed by atoms with Crippen molar-refractivity contribution in [3.8, 4) is 22.3 Å². The maximum atomic E-state index is 14.6. The maximum Gasteiger partial charge on any atom is 0.265 e. The molecule has 0 saturated carbocycles. The highest BCUT2D eigenvalue weighted by atomic mass is 16.2. The number of carbonyl (C=O) groups excluding carboxylic acids is 4. The topological polar surface area (TPSA) is 74.8 Å². The van der Waals surface area contributed by atoms with Crippen molar-refractivity contribution in [1.29, 1.82) is 0 Å². The smallest absolute Gasteiger partial charge is 0.265 e. The Labute approximate surface area is 339 Å². The molecule has 288 valence electrons. The van der Waals surface area contributed by atoms with Crippen molar-refractivity contribution >= 4 is 45.8 Å². The molecule has 2 heterocycles. The zero-order valence-electron chi connectivity index (χ0n) is 33.6. The molecule has 0 bridgehead atoms. The fourth-order valence-electron chi connectivity index (χ4n) is 11.5. The monoisotopic (exact) mass is 762 g/mol. The average molecular weight is 763 g/mol. The van der Waals surface area contributed by atoms with Crippen LogP contribution in [0.1, 0.15) is 143 Å². The van der Waals surface area contributed by atoms with Crippen LogP contribution in [0.25, 0.3) is 33.0 Å². The van der Waals surface area contributed by atoms with Crippen molar-refractivity contribution in [2.45, 2.75) is 89.9 Å². The van der Waals surface area contributed by atoms with Crippen molar-refractivity contribution < 1.29 is 19.2 Å². The minimum Gasteiger partial charge on any atom is -0.268 e. The Bertz CT molecular complexity index is 2520. The standard InChI is InChI=1S/C52H46N2O4/c1-5-25-51(26-6-2)41-15-11-9-13-33(41)35-19-17-31(29-43(35)51)53-47(55)37-21-23-39-46-40(24-22-38(45(37)46)48(53)56)50(58)54(49(39)57)32-18-20-36-34-14-10-12-16-42(34)52(27-7-3,28-8-4)44(36)30-32/h9-24,29-30H,5-8,25-28H2,1-4H3. The van der Waals surface area contributed by atoms with Crippen LogP contribution in [0.3, 0.4) is 0 Å². The number of benzene rings is 6. The lowest BCUT2D eigenvalue weighted by molar-refractivity contribution is 0.0873. The summed E-state index contributed by atoms with van der Waals surface area (Å²) in [5, 5.41) is 0.744. The van der Waals surface area contributed by atoms with Crippen molar-refractivity contribution in [3.05, 3.63) is 154 Å². The molecule has 0 spiro atoms. The fourth-order valence-corrected chi connectivity index (χ4v) is 11.5. The van der Waals surface area contributed by atoms with Crippen molar-refractivity contribution in [3.63, 3.8) is 0 Å². The summed E-state index contributed by atoms with van der Waals surface area (Å²) in [6, 6.07) is 35.8. The van der Waals surface area contributed by atoms with Crippen molar-refractivity contribution in [2.24, 2.45) is 0 Å². The number of rotatable bonds is 10. The molecule has 0 fully saturated rings. The number of nitrogens with zero attached hydrogens (tertiary/aromatic N) is 2. The lowest BCUT2D eigenvalue weighted by Gasteiger charge is -2.34. The van der Waals surface area contributed by atoms with Crippen LogP contribution in [0.5, 0.6) is 0 Å². The predicted octanol–water partition coefficient (Wildman–Crippen LogP) is 12.2. The Morgan fingerprint density at radius 2 is 0.655 bits per heavy atom. The second-order valence-corrected chi connectivity index (χ2v) is 16.7. The normalized spacial score (nSPS) is 16.5. The molecule has 0 atom stereocenters. The summed E-state index contributed by atoms with van der Waals surface area (Å²) in [5.74, 6) is -1.84. The molecule has 0 saturated heterocycles. The fraction of sp³-hybridized carbons (Fsp3) is 0.269. The average Bonchev–Trinajstić information content (AvgIpc) is 3.66. The van der Waals surface area contributed by atoms with Gasteiger partial charge in [-0.3, -0.25) is 19.2 Å². The van der Waals surface area contributed by atoms with Crippen LogP contribution < -0.4 is 9.80 Å². The van der Waals surface area contributed by atoms with E-state index in [1.54, 1.807) is 24.3 Å². The highest BCUT2D eigenvalue weighted by Gasteiger charge is 2.46. The van der Waals surface area contributed by atoms with Gasteiger partial charge < -0.3 is 0 Å². The van der Waals surface area contributed by atoms with E-state index < -0.39 is 23.6 Å². The van der Waals surface area contributed by atoms with Gasteiger partial charge in [0.25, 0.3) is 23.6 Å².